The van der Waals surface area contributed by atoms with Gasteiger partial charge in [0, 0.05) is 55.3 Å². The first-order valence-corrected chi connectivity index (χ1v) is 13.0. The number of aliphatic hydroxyl groups is 1. The van der Waals surface area contributed by atoms with E-state index < -0.39 is 20.5 Å². The third kappa shape index (κ3) is 4.57. The summed E-state index contributed by atoms with van der Waals surface area (Å²) in [6.45, 7) is 3.34. The van der Waals surface area contributed by atoms with E-state index in [9.17, 15) is 23.1 Å². The molecule has 10 nitrogen and oxygen atoms in total. The van der Waals surface area contributed by atoms with E-state index in [0.29, 0.717) is 23.2 Å². The van der Waals surface area contributed by atoms with Crippen LogP contribution in [0.5, 0.6) is 0 Å². The molecule has 182 valence electrons. The fourth-order valence-corrected chi connectivity index (χ4v) is 5.25. The molecule has 3 heterocycles. The van der Waals surface area contributed by atoms with Crippen LogP contribution in [0.15, 0.2) is 12.3 Å². The summed E-state index contributed by atoms with van der Waals surface area (Å²) in [5, 5.41) is 18.3. The number of nitrogens with zero attached hydrogens (tertiary/aromatic N) is 3. The van der Waals surface area contributed by atoms with Crippen molar-refractivity contribution in [2.75, 3.05) is 25.9 Å². The number of sulfone groups is 1. The number of nitrogens with one attached hydrogen (secondary N) is 1. The van der Waals surface area contributed by atoms with Crippen molar-refractivity contribution >= 4 is 21.8 Å². The largest absolute Gasteiger partial charge is 0.393 e. The molecule has 1 aromatic heterocycles. The predicted molar refractivity (Wildman–Crippen MR) is 122 cm³/mol. The second-order valence-corrected chi connectivity index (χ2v) is 11.9. The highest BCUT2D eigenvalue weighted by atomic mass is 32.2. The monoisotopic (exact) mass is 488 g/mol. The third-order valence-electron chi connectivity index (χ3n) is 7.05. The lowest BCUT2D eigenvalue weighted by Crippen LogP contribution is -2.57. The smallest absolute Gasteiger partial charge is 0.328 e. The molecule has 34 heavy (non-hydrogen) atoms. The van der Waals surface area contributed by atoms with Gasteiger partial charge in [0.25, 0.3) is 5.91 Å². The van der Waals surface area contributed by atoms with Crippen molar-refractivity contribution in [2.45, 2.75) is 49.6 Å². The summed E-state index contributed by atoms with van der Waals surface area (Å²) in [5.74, 6) is 11.1. The van der Waals surface area contributed by atoms with Crippen LogP contribution in [0.4, 0.5) is 4.79 Å². The Bertz CT molecular complexity index is 1220. The minimum atomic E-state index is -3.83. The Morgan fingerprint density at radius 3 is 2.59 bits per heavy atom. The standard InChI is InChI=1S/C23H28N4O6S/c1-23(21(29)24-31,34(2,32)33)7-8-25-15-19-9-16(14-27(19)22(25)30)5-3-4-6-17-12-26(13-17)18-10-20(28)11-18/h9,14,17-18,20,28,31H,7-8,10-13,15H2,1-2H3,(H,24,29). The number of carbonyl (C=O) groups is 2. The molecule has 1 atom stereocenters. The molecule has 4 rings (SSSR count). The van der Waals surface area contributed by atoms with Crippen LogP contribution in [-0.2, 0) is 21.2 Å². The number of aromatic nitrogens is 1. The average molecular weight is 489 g/mol. The van der Waals surface area contributed by atoms with E-state index in [4.69, 9.17) is 5.21 Å². The van der Waals surface area contributed by atoms with E-state index in [1.807, 2.05) is 0 Å². The molecule has 0 spiro atoms. The lowest BCUT2D eigenvalue weighted by Gasteiger charge is -2.48. The molecule has 2 aliphatic heterocycles. The summed E-state index contributed by atoms with van der Waals surface area (Å²) < 4.78 is 23.8. The van der Waals surface area contributed by atoms with E-state index in [0.717, 1.165) is 32.2 Å². The number of hydroxylamine groups is 1. The van der Waals surface area contributed by atoms with Gasteiger partial charge < -0.3 is 10.0 Å². The Balaban J connectivity index is 1.30. The predicted octanol–water partition coefficient (Wildman–Crippen LogP) is -0.219. The van der Waals surface area contributed by atoms with Gasteiger partial charge in [0.15, 0.2) is 14.6 Å². The van der Waals surface area contributed by atoms with E-state index in [2.05, 4.69) is 28.6 Å². The van der Waals surface area contributed by atoms with Crippen molar-refractivity contribution in [3.05, 3.63) is 23.5 Å². The van der Waals surface area contributed by atoms with Gasteiger partial charge in [-0.05, 0) is 44.1 Å². The van der Waals surface area contributed by atoms with Gasteiger partial charge in [-0.2, -0.15) is 0 Å². The molecule has 2 amide bonds. The quantitative estimate of drug-likeness (QED) is 0.287. The number of hydrogen-bond acceptors (Lipinski definition) is 7. The third-order valence-corrected chi connectivity index (χ3v) is 9.07. The Morgan fingerprint density at radius 2 is 2.00 bits per heavy atom. The molecular formula is C23H28N4O6S. The minimum absolute atomic E-state index is 0.0300. The van der Waals surface area contributed by atoms with E-state index in [1.54, 1.807) is 12.3 Å². The zero-order chi connectivity index (χ0) is 24.7. The minimum Gasteiger partial charge on any atom is -0.393 e. The maximum atomic E-state index is 12.7. The van der Waals surface area contributed by atoms with Gasteiger partial charge in [0.2, 0.25) is 0 Å². The first-order valence-electron chi connectivity index (χ1n) is 11.1. The summed E-state index contributed by atoms with van der Waals surface area (Å²) in [4.78, 5) is 28.5. The average Bonchev–Trinajstić information content (AvgIpc) is 3.25. The lowest BCUT2D eigenvalue weighted by atomic mass is 9.84. The van der Waals surface area contributed by atoms with Gasteiger partial charge in [0.05, 0.1) is 12.6 Å². The SMILES string of the molecule is CC(CCN1Cc2cc(C#CC#CC3CN(C4CC(O)C4)C3)cn2C1=O)(C(=O)NO)S(C)(=O)=O. The van der Waals surface area contributed by atoms with Crippen LogP contribution < -0.4 is 5.48 Å². The molecule has 3 N–H and O–H groups in total. The fourth-order valence-electron chi connectivity index (χ4n) is 4.40. The molecule has 0 aromatic carbocycles. The van der Waals surface area contributed by atoms with Crippen LogP contribution in [0.25, 0.3) is 0 Å². The highest BCUT2D eigenvalue weighted by molar-refractivity contribution is 7.92. The van der Waals surface area contributed by atoms with Crippen LogP contribution >= 0.6 is 0 Å². The Hall–Kier alpha value is -2.83. The topological polar surface area (TPSA) is 132 Å². The molecular weight excluding hydrogens is 460 g/mol. The molecule has 3 aliphatic rings. The van der Waals surface area contributed by atoms with Gasteiger partial charge in [-0.1, -0.05) is 11.8 Å². The van der Waals surface area contributed by atoms with Crippen molar-refractivity contribution in [3.8, 4) is 23.7 Å². The second-order valence-electron chi connectivity index (χ2n) is 9.44. The normalized spacial score (nSPS) is 24.0. The first-order chi connectivity index (χ1) is 16.0. The van der Waals surface area contributed by atoms with Gasteiger partial charge >= 0.3 is 6.03 Å². The number of carbonyl (C=O) groups excluding carboxylic acids is 2. The molecule has 1 saturated carbocycles. The summed E-state index contributed by atoms with van der Waals surface area (Å²) >= 11 is 0. The van der Waals surface area contributed by atoms with Crippen LogP contribution in [0.2, 0.25) is 0 Å². The number of likely N-dealkylation sites (tertiary alicyclic amines) is 1. The van der Waals surface area contributed by atoms with Gasteiger partial charge in [-0.3, -0.25) is 19.5 Å². The van der Waals surface area contributed by atoms with Crippen LogP contribution in [-0.4, -0.2) is 87.8 Å². The van der Waals surface area contributed by atoms with Crippen LogP contribution in [0.1, 0.15) is 37.4 Å². The molecule has 1 saturated heterocycles. The maximum absolute atomic E-state index is 12.7. The van der Waals surface area contributed by atoms with E-state index in [-0.39, 0.29) is 31.6 Å². The van der Waals surface area contributed by atoms with Crippen molar-refractivity contribution in [1.82, 2.24) is 19.8 Å². The fraction of sp³-hybridized carbons (Fsp3) is 0.565. The molecule has 2 fully saturated rings. The lowest BCUT2D eigenvalue weighted by molar-refractivity contribution is -0.131. The van der Waals surface area contributed by atoms with Crippen LogP contribution in [0, 0.1) is 29.6 Å². The number of fused-ring (bicyclic) bond motifs is 1. The Labute approximate surface area is 198 Å². The van der Waals surface area contributed by atoms with Crippen LogP contribution in [0.3, 0.4) is 0 Å². The summed E-state index contributed by atoms with van der Waals surface area (Å²) in [7, 11) is -3.83. The number of aliphatic hydroxyl groups excluding tert-OH is 1. The second kappa shape index (κ2) is 9.08. The van der Waals surface area contributed by atoms with E-state index >= 15 is 0 Å². The highest BCUT2D eigenvalue weighted by Crippen LogP contribution is 2.31. The van der Waals surface area contributed by atoms with Gasteiger partial charge in [0.1, 0.15) is 0 Å². The summed E-state index contributed by atoms with van der Waals surface area (Å²) in [6.07, 6.45) is 3.94. The number of rotatable bonds is 6. The van der Waals surface area contributed by atoms with E-state index in [1.165, 1.54) is 21.9 Å². The molecule has 11 heteroatoms. The molecule has 0 bridgehead atoms. The Kier molecular flexibility index (Phi) is 6.49. The van der Waals surface area contributed by atoms with Gasteiger partial charge in [-0.25, -0.2) is 18.7 Å². The zero-order valence-corrected chi connectivity index (χ0v) is 19.9. The maximum Gasteiger partial charge on any atom is 0.328 e. The first kappa shape index (κ1) is 24.3. The number of amides is 2. The molecule has 1 unspecified atom stereocenters. The Morgan fingerprint density at radius 1 is 1.29 bits per heavy atom. The molecule has 1 aromatic rings. The summed E-state index contributed by atoms with van der Waals surface area (Å²) in [6, 6.07) is 1.95. The number of hydrogen-bond donors (Lipinski definition) is 3. The van der Waals surface area contributed by atoms with Crippen molar-refractivity contribution in [1.29, 1.82) is 0 Å². The van der Waals surface area contributed by atoms with Crippen molar-refractivity contribution < 1.29 is 28.3 Å². The molecule has 0 radical (unpaired) electrons. The zero-order valence-electron chi connectivity index (χ0n) is 19.1. The van der Waals surface area contributed by atoms with Crippen molar-refractivity contribution in [2.24, 2.45) is 5.92 Å². The molecule has 1 aliphatic carbocycles. The van der Waals surface area contributed by atoms with Crippen molar-refractivity contribution in [3.63, 3.8) is 0 Å². The highest BCUT2D eigenvalue weighted by Gasteiger charge is 2.44. The summed E-state index contributed by atoms with van der Waals surface area (Å²) in [5.41, 5.74) is 2.78. The van der Waals surface area contributed by atoms with Gasteiger partial charge in [-0.15, -0.1) is 0 Å².